The summed E-state index contributed by atoms with van der Waals surface area (Å²) < 4.78 is 4.93. The number of carbonyl (C=O) groups excluding carboxylic acids is 1. The molecule has 0 spiro atoms. The molecule has 0 atom stereocenters. The third-order valence-electron chi connectivity index (χ3n) is 3.41. The second-order valence-corrected chi connectivity index (χ2v) is 5.06. The standard InChI is InChI=1S/C12H10.C8H7NO2/c1-3-7-11(8-4-1)12-9-5-2-6-10-12;10-8-5-9-6-3-1-2-4-7(6)11-8/h1-10H;1-4,9H,5H2. The highest BCUT2D eigenvalue weighted by Crippen LogP contribution is 2.25. The zero-order chi connectivity index (χ0) is 15.9. The normalized spacial score (nSPS) is 12.1. The summed E-state index contributed by atoms with van der Waals surface area (Å²) >= 11 is 0. The average molecular weight is 303 g/mol. The summed E-state index contributed by atoms with van der Waals surface area (Å²) in [7, 11) is 0. The Hall–Kier alpha value is -3.07. The van der Waals surface area contributed by atoms with Gasteiger partial charge in [0.05, 0.1) is 5.69 Å². The van der Waals surface area contributed by atoms with Crippen LogP contribution in [0.3, 0.4) is 0 Å². The summed E-state index contributed by atoms with van der Waals surface area (Å²) in [6.45, 7) is 0.261. The Labute approximate surface area is 135 Å². The lowest BCUT2D eigenvalue weighted by molar-refractivity contribution is -0.132. The number of esters is 1. The number of fused-ring (bicyclic) bond motifs is 1. The minimum absolute atomic E-state index is 0.233. The summed E-state index contributed by atoms with van der Waals surface area (Å²) in [5, 5.41) is 2.94. The largest absolute Gasteiger partial charge is 0.423 e. The van der Waals surface area contributed by atoms with Crippen molar-refractivity contribution >= 4 is 11.7 Å². The van der Waals surface area contributed by atoms with Crippen molar-refractivity contribution in [3.63, 3.8) is 0 Å². The Balaban J connectivity index is 0.000000136. The van der Waals surface area contributed by atoms with Crippen LogP contribution in [-0.2, 0) is 4.79 Å². The maximum Gasteiger partial charge on any atom is 0.330 e. The van der Waals surface area contributed by atoms with Crippen LogP contribution in [0.5, 0.6) is 5.75 Å². The van der Waals surface area contributed by atoms with Crippen molar-refractivity contribution in [2.75, 3.05) is 11.9 Å². The second kappa shape index (κ2) is 7.27. The van der Waals surface area contributed by atoms with Crippen molar-refractivity contribution in [2.45, 2.75) is 0 Å². The van der Waals surface area contributed by atoms with Crippen LogP contribution in [0.1, 0.15) is 0 Å². The van der Waals surface area contributed by atoms with Gasteiger partial charge < -0.3 is 10.1 Å². The van der Waals surface area contributed by atoms with E-state index in [-0.39, 0.29) is 12.5 Å². The van der Waals surface area contributed by atoms with E-state index in [0.29, 0.717) is 5.75 Å². The van der Waals surface area contributed by atoms with Gasteiger partial charge in [0.15, 0.2) is 5.75 Å². The first-order valence-corrected chi connectivity index (χ1v) is 7.47. The van der Waals surface area contributed by atoms with Crippen molar-refractivity contribution in [1.82, 2.24) is 0 Å². The predicted molar refractivity (Wildman–Crippen MR) is 92.4 cm³/mol. The number of ether oxygens (including phenoxy) is 1. The third kappa shape index (κ3) is 3.98. The first-order valence-electron chi connectivity index (χ1n) is 7.47. The number of rotatable bonds is 1. The van der Waals surface area contributed by atoms with E-state index in [4.69, 9.17) is 4.74 Å². The molecule has 1 heterocycles. The lowest BCUT2D eigenvalue weighted by atomic mass is 10.1. The highest BCUT2D eigenvalue weighted by atomic mass is 16.5. The van der Waals surface area contributed by atoms with Gasteiger partial charge in [-0.2, -0.15) is 0 Å². The van der Waals surface area contributed by atoms with Crippen molar-refractivity contribution in [2.24, 2.45) is 0 Å². The van der Waals surface area contributed by atoms with Gasteiger partial charge in [0.1, 0.15) is 6.54 Å². The van der Waals surface area contributed by atoms with E-state index in [0.717, 1.165) is 5.69 Å². The number of carbonyl (C=O) groups is 1. The Kier molecular flexibility index (Phi) is 4.69. The Morgan fingerprint density at radius 2 is 1.22 bits per heavy atom. The molecule has 23 heavy (non-hydrogen) atoms. The fraction of sp³-hybridized carbons (Fsp3) is 0.0500. The molecule has 0 unspecified atom stereocenters. The van der Waals surface area contributed by atoms with Crippen LogP contribution in [0.2, 0.25) is 0 Å². The number of hydrogen-bond acceptors (Lipinski definition) is 3. The minimum atomic E-state index is -0.233. The lowest BCUT2D eigenvalue weighted by Gasteiger charge is -2.16. The molecule has 0 radical (unpaired) electrons. The zero-order valence-corrected chi connectivity index (χ0v) is 12.6. The van der Waals surface area contributed by atoms with Crippen LogP contribution in [0.15, 0.2) is 84.9 Å². The zero-order valence-electron chi connectivity index (χ0n) is 12.6. The molecule has 0 amide bonds. The average Bonchev–Trinajstić information content (AvgIpc) is 2.64. The summed E-state index contributed by atoms with van der Waals surface area (Å²) in [5.74, 6) is 0.382. The van der Waals surface area contributed by atoms with E-state index in [1.807, 2.05) is 30.3 Å². The molecule has 0 saturated carbocycles. The number of anilines is 1. The minimum Gasteiger partial charge on any atom is -0.423 e. The molecule has 0 aromatic heterocycles. The molecule has 1 N–H and O–H groups in total. The lowest BCUT2D eigenvalue weighted by Crippen LogP contribution is -2.24. The smallest absolute Gasteiger partial charge is 0.330 e. The van der Waals surface area contributed by atoms with E-state index < -0.39 is 0 Å². The fourth-order valence-electron chi connectivity index (χ4n) is 2.29. The molecule has 114 valence electrons. The van der Waals surface area contributed by atoms with Gasteiger partial charge in [-0.05, 0) is 23.3 Å². The molecule has 1 aliphatic heterocycles. The van der Waals surface area contributed by atoms with Gasteiger partial charge in [0.2, 0.25) is 0 Å². The molecular weight excluding hydrogens is 286 g/mol. The molecule has 1 aliphatic rings. The molecule has 0 aliphatic carbocycles. The van der Waals surface area contributed by atoms with Crippen molar-refractivity contribution in [1.29, 1.82) is 0 Å². The van der Waals surface area contributed by atoms with Crippen molar-refractivity contribution < 1.29 is 9.53 Å². The van der Waals surface area contributed by atoms with Gasteiger partial charge in [0.25, 0.3) is 0 Å². The SMILES string of the molecule is O=C1CNc2ccccc2O1.c1ccc(-c2ccccc2)cc1. The summed E-state index contributed by atoms with van der Waals surface area (Å²) in [6, 6.07) is 28.1. The topological polar surface area (TPSA) is 38.3 Å². The molecule has 0 bridgehead atoms. The quantitative estimate of drug-likeness (QED) is 0.536. The van der Waals surface area contributed by atoms with E-state index in [2.05, 4.69) is 53.8 Å². The second-order valence-electron chi connectivity index (χ2n) is 5.06. The number of nitrogens with one attached hydrogen (secondary N) is 1. The van der Waals surface area contributed by atoms with Crippen LogP contribution >= 0.6 is 0 Å². The Bertz CT molecular complexity index is 732. The molecule has 0 fully saturated rings. The number of benzene rings is 3. The van der Waals surface area contributed by atoms with Crippen molar-refractivity contribution in [3.05, 3.63) is 84.9 Å². The van der Waals surface area contributed by atoms with E-state index >= 15 is 0 Å². The molecule has 3 aromatic rings. The monoisotopic (exact) mass is 303 g/mol. The first kappa shape index (κ1) is 14.9. The van der Waals surface area contributed by atoms with Crippen LogP contribution in [0.25, 0.3) is 11.1 Å². The highest BCUT2D eigenvalue weighted by Gasteiger charge is 2.14. The van der Waals surface area contributed by atoms with Crippen LogP contribution in [0.4, 0.5) is 5.69 Å². The van der Waals surface area contributed by atoms with Gasteiger partial charge in [-0.25, -0.2) is 4.79 Å². The van der Waals surface area contributed by atoms with E-state index in [9.17, 15) is 4.79 Å². The Morgan fingerprint density at radius 3 is 1.83 bits per heavy atom. The van der Waals surface area contributed by atoms with Gasteiger partial charge in [-0.3, -0.25) is 0 Å². The summed E-state index contributed by atoms with van der Waals surface area (Å²) in [5.41, 5.74) is 3.43. The highest BCUT2D eigenvalue weighted by molar-refractivity contribution is 5.83. The molecule has 3 heteroatoms. The molecule has 0 saturated heterocycles. The molecular formula is C20H17NO2. The van der Waals surface area contributed by atoms with Gasteiger partial charge in [-0.15, -0.1) is 0 Å². The number of para-hydroxylation sites is 2. The van der Waals surface area contributed by atoms with Gasteiger partial charge in [-0.1, -0.05) is 72.8 Å². The summed E-state index contributed by atoms with van der Waals surface area (Å²) in [6.07, 6.45) is 0. The molecule has 3 aromatic carbocycles. The van der Waals surface area contributed by atoms with Gasteiger partial charge in [0, 0.05) is 0 Å². The fourth-order valence-corrected chi connectivity index (χ4v) is 2.29. The van der Waals surface area contributed by atoms with Crippen molar-refractivity contribution in [3.8, 4) is 16.9 Å². The van der Waals surface area contributed by atoms with E-state index in [1.165, 1.54) is 11.1 Å². The maximum atomic E-state index is 10.7. The predicted octanol–water partition coefficient (Wildman–Crippen LogP) is 4.37. The third-order valence-corrected chi connectivity index (χ3v) is 3.41. The van der Waals surface area contributed by atoms with Crippen LogP contribution < -0.4 is 10.1 Å². The number of hydrogen-bond donors (Lipinski definition) is 1. The van der Waals surface area contributed by atoms with Gasteiger partial charge >= 0.3 is 5.97 Å². The Morgan fingerprint density at radius 1 is 0.696 bits per heavy atom. The summed E-state index contributed by atoms with van der Waals surface area (Å²) in [4.78, 5) is 10.7. The first-order chi connectivity index (χ1) is 11.3. The molecule has 3 nitrogen and oxygen atoms in total. The molecule has 4 rings (SSSR count). The maximum absolute atomic E-state index is 10.7. The van der Waals surface area contributed by atoms with E-state index in [1.54, 1.807) is 6.07 Å². The van der Waals surface area contributed by atoms with Crippen LogP contribution in [-0.4, -0.2) is 12.5 Å². The van der Waals surface area contributed by atoms with Crippen LogP contribution in [0, 0.1) is 0 Å².